The molecule has 0 aromatic heterocycles. The van der Waals surface area contributed by atoms with Crippen molar-refractivity contribution in [3.05, 3.63) is 60.7 Å². The molecule has 1 atom stereocenters. The summed E-state index contributed by atoms with van der Waals surface area (Å²) in [6, 6.07) is 20.2. The van der Waals surface area contributed by atoms with Crippen LogP contribution in [-0.4, -0.2) is 36.6 Å². The lowest BCUT2D eigenvalue weighted by Gasteiger charge is -2.33. The van der Waals surface area contributed by atoms with E-state index in [1.165, 1.54) is 25.8 Å². The van der Waals surface area contributed by atoms with Crippen molar-refractivity contribution >= 4 is 17.4 Å². The van der Waals surface area contributed by atoms with Gasteiger partial charge in [0.1, 0.15) is 0 Å². The Bertz CT molecular complexity index is 635. The molecule has 0 aliphatic carbocycles. The Labute approximate surface area is 156 Å². The summed E-state index contributed by atoms with van der Waals surface area (Å²) in [7, 11) is 0. The number of likely N-dealkylation sites (tertiary alicyclic amines) is 1. The van der Waals surface area contributed by atoms with Crippen LogP contribution in [0.1, 0.15) is 32.6 Å². The summed E-state index contributed by atoms with van der Waals surface area (Å²) in [5.41, 5.74) is 1.75. The highest BCUT2D eigenvalue weighted by molar-refractivity contribution is 5.99. The maximum absolute atomic E-state index is 12.9. The molecule has 2 amide bonds. The van der Waals surface area contributed by atoms with E-state index in [1.54, 1.807) is 4.90 Å². The molecule has 0 unspecified atom stereocenters. The van der Waals surface area contributed by atoms with Crippen molar-refractivity contribution in [2.45, 2.75) is 38.6 Å². The number of anilines is 2. The molecule has 0 bridgehead atoms. The first-order valence-corrected chi connectivity index (χ1v) is 9.68. The number of benzene rings is 2. The normalized spacial score (nSPS) is 17.7. The van der Waals surface area contributed by atoms with Gasteiger partial charge >= 0.3 is 6.03 Å². The number of carbonyl (C=O) groups excluding carboxylic acids is 1. The number of hydrogen-bond donors (Lipinski definition) is 1. The van der Waals surface area contributed by atoms with Gasteiger partial charge in [-0.15, -0.1) is 0 Å². The van der Waals surface area contributed by atoms with Crippen molar-refractivity contribution in [2.24, 2.45) is 0 Å². The van der Waals surface area contributed by atoms with E-state index < -0.39 is 0 Å². The quantitative estimate of drug-likeness (QED) is 0.759. The predicted octanol–water partition coefficient (Wildman–Crippen LogP) is 4.80. The number of nitrogens with one attached hydrogen (secondary N) is 1. The van der Waals surface area contributed by atoms with Gasteiger partial charge in [0.2, 0.25) is 0 Å². The highest BCUT2D eigenvalue weighted by atomic mass is 16.2. The predicted molar refractivity (Wildman–Crippen MR) is 108 cm³/mol. The van der Waals surface area contributed by atoms with Gasteiger partial charge in [-0.1, -0.05) is 42.8 Å². The van der Waals surface area contributed by atoms with Crippen LogP contribution in [0, 0.1) is 0 Å². The Balaban J connectivity index is 1.58. The number of nitrogens with zero attached hydrogens (tertiary/aromatic N) is 2. The molecule has 0 saturated carbocycles. The molecule has 1 aliphatic heterocycles. The first-order valence-electron chi connectivity index (χ1n) is 9.68. The minimum Gasteiger partial charge on any atom is -0.337 e. The molecule has 1 fully saturated rings. The van der Waals surface area contributed by atoms with Crippen molar-refractivity contribution < 1.29 is 4.79 Å². The van der Waals surface area contributed by atoms with Crippen LogP contribution in [0.5, 0.6) is 0 Å². The molecule has 4 heteroatoms. The molecular weight excluding hydrogens is 322 g/mol. The summed E-state index contributed by atoms with van der Waals surface area (Å²) < 4.78 is 0. The molecule has 0 spiro atoms. The second-order valence-electron chi connectivity index (χ2n) is 6.97. The van der Waals surface area contributed by atoms with E-state index in [2.05, 4.69) is 17.1 Å². The monoisotopic (exact) mass is 351 g/mol. The van der Waals surface area contributed by atoms with E-state index >= 15 is 0 Å². The first kappa shape index (κ1) is 18.5. The highest BCUT2D eigenvalue weighted by Gasteiger charge is 2.19. The second-order valence-corrected chi connectivity index (χ2v) is 6.97. The van der Waals surface area contributed by atoms with E-state index in [0.717, 1.165) is 24.3 Å². The van der Waals surface area contributed by atoms with Gasteiger partial charge in [0.15, 0.2) is 0 Å². The van der Waals surface area contributed by atoms with E-state index in [1.807, 2.05) is 60.7 Å². The lowest BCUT2D eigenvalue weighted by Crippen LogP contribution is -2.41. The van der Waals surface area contributed by atoms with Crippen molar-refractivity contribution in [3.63, 3.8) is 0 Å². The standard InChI is InChI=1S/C22H29N3O/c1-19-11-8-9-17-24(19)18-10-16-23-22(26)25(20-12-4-2-5-13-20)21-14-6-3-7-15-21/h2-7,12-15,19H,8-11,16-18H2,1H3,(H,23,26)/t19-/m1/s1. The molecule has 1 N–H and O–H groups in total. The summed E-state index contributed by atoms with van der Waals surface area (Å²) in [4.78, 5) is 17.1. The Hall–Kier alpha value is -2.33. The average molecular weight is 351 g/mol. The molecule has 1 saturated heterocycles. The van der Waals surface area contributed by atoms with Gasteiger partial charge in [0.05, 0.1) is 11.4 Å². The van der Waals surface area contributed by atoms with Crippen molar-refractivity contribution in [1.29, 1.82) is 0 Å². The molecular formula is C22H29N3O. The average Bonchev–Trinajstić information content (AvgIpc) is 2.68. The van der Waals surface area contributed by atoms with Crippen LogP contribution in [0.4, 0.5) is 16.2 Å². The Morgan fingerprint density at radius 3 is 2.23 bits per heavy atom. The van der Waals surface area contributed by atoms with Crippen LogP contribution in [0.2, 0.25) is 0 Å². The van der Waals surface area contributed by atoms with Gasteiger partial charge in [0.25, 0.3) is 0 Å². The zero-order chi connectivity index (χ0) is 18.2. The number of rotatable bonds is 6. The molecule has 2 aromatic rings. The van der Waals surface area contributed by atoms with Crippen molar-refractivity contribution in [1.82, 2.24) is 10.2 Å². The van der Waals surface area contributed by atoms with Gasteiger partial charge in [-0.3, -0.25) is 4.90 Å². The first-order chi connectivity index (χ1) is 12.8. The van der Waals surface area contributed by atoms with E-state index in [9.17, 15) is 4.79 Å². The molecule has 3 rings (SSSR count). The molecule has 0 radical (unpaired) electrons. The summed E-state index contributed by atoms with van der Waals surface area (Å²) in [5, 5.41) is 3.09. The second kappa shape index (κ2) is 9.39. The number of hydrogen-bond acceptors (Lipinski definition) is 2. The van der Waals surface area contributed by atoms with Gasteiger partial charge in [-0.25, -0.2) is 4.79 Å². The van der Waals surface area contributed by atoms with E-state index in [4.69, 9.17) is 0 Å². The molecule has 138 valence electrons. The zero-order valence-corrected chi connectivity index (χ0v) is 15.6. The number of carbonyl (C=O) groups is 1. The lowest BCUT2D eigenvalue weighted by molar-refractivity contribution is 0.159. The number of para-hydroxylation sites is 2. The highest BCUT2D eigenvalue weighted by Crippen LogP contribution is 2.24. The molecule has 26 heavy (non-hydrogen) atoms. The Morgan fingerprint density at radius 2 is 1.65 bits per heavy atom. The van der Waals surface area contributed by atoms with Crippen LogP contribution >= 0.6 is 0 Å². The van der Waals surface area contributed by atoms with Crippen LogP contribution in [0.3, 0.4) is 0 Å². The molecule has 1 heterocycles. The van der Waals surface area contributed by atoms with E-state index in [0.29, 0.717) is 12.6 Å². The third-order valence-electron chi connectivity index (χ3n) is 5.07. The molecule has 2 aromatic carbocycles. The maximum Gasteiger partial charge on any atom is 0.326 e. The Kier molecular flexibility index (Phi) is 6.67. The minimum atomic E-state index is -0.0749. The summed E-state index contributed by atoms with van der Waals surface area (Å²) in [5.74, 6) is 0. The van der Waals surface area contributed by atoms with Crippen molar-refractivity contribution in [3.8, 4) is 0 Å². The van der Waals surface area contributed by atoms with Crippen molar-refractivity contribution in [2.75, 3.05) is 24.5 Å². The van der Waals surface area contributed by atoms with Gasteiger partial charge in [-0.05, 0) is 57.0 Å². The van der Waals surface area contributed by atoms with Gasteiger partial charge < -0.3 is 10.2 Å². The fraction of sp³-hybridized carbons (Fsp3) is 0.409. The number of amides is 2. The fourth-order valence-corrected chi connectivity index (χ4v) is 3.58. The third-order valence-corrected chi connectivity index (χ3v) is 5.07. The zero-order valence-electron chi connectivity index (χ0n) is 15.6. The van der Waals surface area contributed by atoms with Gasteiger partial charge in [0, 0.05) is 19.1 Å². The minimum absolute atomic E-state index is 0.0749. The van der Waals surface area contributed by atoms with Gasteiger partial charge in [-0.2, -0.15) is 0 Å². The summed E-state index contributed by atoms with van der Waals surface area (Å²) in [6.45, 7) is 5.25. The topological polar surface area (TPSA) is 35.6 Å². The summed E-state index contributed by atoms with van der Waals surface area (Å²) >= 11 is 0. The third kappa shape index (κ3) is 4.85. The van der Waals surface area contributed by atoms with E-state index in [-0.39, 0.29) is 6.03 Å². The van der Waals surface area contributed by atoms with Crippen LogP contribution in [-0.2, 0) is 0 Å². The molecule has 1 aliphatic rings. The number of piperidine rings is 1. The maximum atomic E-state index is 12.9. The largest absolute Gasteiger partial charge is 0.337 e. The fourth-order valence-electron chi connectivity index (χ4n) is 3.58. The summed E-state index contributed by atoms with van der Waals surface area (Å²) in [6.07, 6.45) is 4.92. The van der Waals surface area contributed by atoms with Crippen LogP contribution < -0.4 is 10.2 Å². The van der Waals surface area contributed by atoms with Crippen LogP contribution in [0.25, 0.3) is 0 Å². The lowest BCUT2D eigenvalue weighted by atomic mass is 10.0. The SMILES string of the molecule is C[C@@H]1CCCCN1CCCNC(=O)N(c1ccccc1)c1ccccc1. The van der Waals surface area contributed by atoms with Crippen LogP contribution in [0.15, 0.2) is 60.7 Å². The smallest absolute Gasteiger partial charge is 0.326 e. The Morgan fingerprint density at radius 1 is 1.04 bits per heavy atom. The number of urea groups is 1. The molecule has 4 nitrogen and oxygen atoms in total.